The van der Waals surface area contributed by atoms with Crippen LogP contribution >= 0.6 is 11.6 Å². The summed E-state index contributed by atoms with van der Waals surface area (Å²) < 4.78 is 15.4. The molecular formula is C23H24ClFN4O. The highest BCUT2D eigenvalue weighted by atomic mass is 35.5. The zero-order chi connectivity index (χ0) is 21.3. The minimum atomic E-state index is -0.261. The van der Waals surface area contributed by atoms with E-state index >= 15 is 0 Å². The van der Waals surface area contributed by atoms with Gasteiger partial charge in [-0.3, -0.25) is 9.48 Å². The maximum atomic E-state index is 13.7. The predicted molar refractivity (Wildman–Crippen MR) is 116 cm³/mol. The summed E-state index contributed by atoms with van der Waals surface area (Å²) >= 11 is 6.30. The van der Waals surface area contributed by atoms with E-state index in [4.69, 9.17) is 11.6 Å². The number of aromatic nitrogens is 2. The molecule has 0 aliphatic carbocycles. The fourth-order valence-electron chi connectivity index (χ4n) is 4.06. The van der Waals surface area contributed by atoms with Crippen LogP contribution in [0.15, 0.2) is 48.7 Å². The average molecular weight is 427 g/mol. The number of amides is 1. The van der Waals surface area contributed by atoms with E-state index in [0.717, 1.165) is 28.9 Å². The molecule has 1 aromatic heterocycles. The van der Waals surface area contributed by atoms with Crippen LogP contribution in [0.25, 0.3) is 11.3 Å². The number of likely N-dealkylation sites (N-methyl/N-ethyl adjacent to an activating group) is 1. The Morgan fingerprint density at radius 1 is 1.27 bits per heavy atom. The number of nitrogens with one attached hydrogen (secondary N) is 1. The maximum absolute atomic E-state index is 13.7. The number of carbonyl (C=O) groups is 1. The number of aryl methyl sites for hydroxylation is 1. The molecule has 1 aliphatic heterocycles. The van der Waals surface area contributed by atoms with Crippen LogP contribution < -0.4 is 5.32 Å². The molecule has 3 aromatic rings. The summed E-state index contributed by atoms with van der Waals surface area (Å²) in [5, 5.41) is 8.12. The lowest BCUT2D eigenvalue weighted by Crippen LogP contribution is -2.44. The molecule has 2 heterocycles. The van der Waals surface area contributed by atoms with Gasteiger partial charge >= 0.3 is 0 Å². The van der Waals surface area contributed by atoms with Crippen molar-refractivity contribution in [1.29, 1.82) is 0 Å². The minimum absolute atomic E-state index is 0.00644. The Morgan fingerprint density at radius 2 is 2.10 bits per heavy atom. The molecule has 2 aromatic carbocycles. The third kappa shape index (κ3) is 3.98. The molecule has 0 spiro atoms. The van der Waals surface area contributed by atoms with Crippen molar-refractivity contribution >= 4 is 17.5 Å². The van der Waals surface area contributed by atoms with Crippen LogP contribution in [0.4, 0.5) is 4.39 Å². The summed E-state index contributed by atoms with van der Waals surface area (Å²) in [5.74, 6) is -0.254. The molecule has 5 nitrogen and oxygen atoms in total. The number of benzene rings is 2. The van der Waals surface area contributed by atoms with Crippen LogP contribution in [0.2, 0.25) is 5.02 Å². The molecule has 7 heteroatoms. The number of carbonyl (C=O) groups excluding carboxylic acids is 1. The number of hydrogen-bond donors (Lipinski definition) is 1. The van der Waals surface area contributed by atoms with Gasteiger partial charge in [0.15, 0.2) is 0 Å². The second kappa shape index (κ2) is 8.58. The van der Waals surface area contributed by atoms with Gasteiger partial charge in [-0.2, -0.15) is 5.10 Å². The first-order valence-electron chi connectivity index (χ1n) is 10.0. The predicted octanol–water partition coefficient (Wildman–Crippen LogP) is 4.06. The van der Waals surface area contributed by atoms with E-state index in [2.05, 4.69) is 10.4 Å². The van der Waals surface area contributed by atoms with Crippen LogP contribution in [0.1, 0.15) is 28.4 Å². The first kappa shape index (κ1) is 20.6. The van der Waals surface area contributed by atoms with E-state index in [-0.39, 0.29) is 17.8 Å². The van der Waals surface area contributed by atoms with Crippen molar-refractivity contribution < 1.29 is 9.18 Å². The van der Waals surface area contributed by atoms with E-state index < -0.39 is 0 Å². The molecule has 4 rings (SSSR count). The van der Waals surface area contributed by atoms with E-state index in [1.165, 1.54) is 12.1 Å². The van der Waals surface area contributed by atoms with Gasteiger partial charge in [0.1, 0.15) is 5.82 Å². The largest absolute Gasteiger partial charge is 0.330 e. The molecule has 0 radical (unpaired) electrons. The Morgan fingerprint density at radius 3 is 2.80 bits per heavy atom. The Balaban J connectivity index is 1.61. The summed E-state index contributed by atoms with van der Waals surface area (Å²) in [5.41, 5.74) is 4.31. The lowest BCUT2D eigenvalue weighted by atomic mass is 10.0. The highest BCUT2D eigenvalue weighted by Gasteiger charge is 2.33. The van der Waals surface area contributed by atoms with Gasteiger partial charge in [-0.15, -0.1) is 0 Å². The summed E-state index contributed by atoms with van der Waals surface area (Å²) in [4.78, 5) is 15.1. The lowest BCUT2D eigenvalue weighted by Gasteiger charge is -2.28. The van der Waals surface area contributed by atoms with Crippen LogP contribution in [0.3, 0.4) is 0 Å². The number of fused-ring (bicyclic) bond motifs is 1. The van der Waals surface area contributed by atoms with E-state index in [1.54, 1.807) is 16.9 Å². The fourth-order valence-corrected chi connectivity index (χ4v) is 4.34. The molecular weight excluding hydrogens is 403 g/mol. The first-order chi connectivity index (χ1) is 14.5. The third-order valence-electron chi connectivity index (χ3n) is 5.54. The van der Waals surface area contributed by atoms with Crippen molar-refractivity contribution in [3.05, 3.63) is 76.2 Å². The van der Waals surface area contributed by atoms with Crippen LogP contribution in [-0.2, 0) is 20.0 Å². The van der Waals surface area contributed by atoms with Gasteiger partial charge in [-0.05, 0) is 48.4 Å². The second-order valence-electron chi connectivity index (χ2n) is 7.57. The standard InChI is InChI=1S/C23H24ClFN4O/c1-3-26-12-19(10-15-5-4-6-18(25)9-15)29-14-17-11-16(7-8-20(17)23(29)30)22-21(24)13-27-28(22)2/h4-9,11,13,19,26H,3,10,12,14H2,1-2H3/t19-/m0/s1. The van der Waals surface area contributed by atoms with Gasteiger partial charge in [0.25, 0.3) is 5.91 Å². The number of halogens is 2. The van der Waals surface area contributed by atoms with Crippen molar-refractivity contribution in [2.24, 2.45) is 7.05 Å². The van der Waals surface area contributed by atoms with E-state index in [9.17, 15) is 9.18 Å². The quantitative estimate of drug-likeness (QED) is 0.620. The van der Waals surface area contributed by atoms with Gasteiger partial charge < -0.3 is 10.2 Å². The number of nitrogens with zero attached hydrogens (tertiary/aromatic N) is 3. The summed E-state index contributed by atoms with van der Waals surface area (Å²) in [6, 6.07) is 12.3. The minimum Gasteiger partial charge on any atom is -0.330 e. The van der Waals surface area contributed by atoms with Gasteiger partial charge in [0.2, 0.25) is 0 Å². The van der Waals surface area contributed by atoms with Gasteiger partial charge in [-0.25, -0.2) is 4.39 Å². The first-order valence-corrected chi connectivity index (χ1v) is 10.4. The lowest BCUT2D eigenvalue weighted by molar-refractivity contribution is 0.0700. The molecule has 1 N–H and O–H groups in total. The molecule has 0 bridgehead atoms. The van der Waals surface area contributed by atoms with Crippen molar-refractivity contribution in [1.82, 2.24) is 20.0 Å². The number of rotatable bonds is 7. The second-order valence-corrected chi connectivity index (χ2v) is 7.97. The smallest absolute Gasteiger partial charge is 0.254 e. The fraction of sp³-hybridized carbons (Fsp3) is 0.304. The highest BCUT2D eigenvalue weighted by molar-refractivity contribution is 6.33. The molecule has 1 atom stereocenters. The molecule has 30 heavy (non-hydrogen) atoms. The molecule has 156 valence electrons. The maximum Gasteiger partial charge on any atom is 0.254 e. The zero-order valence-corrected chi connectivity index (χ0v) is 17.8. The van der Waals surface area contributed by atoms with Crippen molar-refractivity contribution in [2.75, 3.05) is 13.1 Å². The highest BCUT2D eigenvalue weighted by Crippen LogP contribution is 2.33. The van der Waals surface area contributed by atoms with Crippen molar-refractivity contribution in [3.63, 3.8) is 0 Å². The molecule has 1 aliphatic rings. The van der Waals surface area contributed by atoms with Gasteiger partial charge in [0, 0.05) is 37.3 Å². The van der Waals surface area contributed by atoms with Gasteiger partial charge in [-0.1, -0.05) is 36.7 Å². The molecule has 0 fully saturated rings. The zero-order valence-electron chi connectivity index (χ0n) is 17.0. The van der Waals surface area contributed by atoms with Crippen molar-refractivity contribution in [3.8, 4) is 11.3 Å². The molecule has 0 saturated carbocycles. The Hall–Kier alpha value is -2.70. The number of hydrogen-bond acceptors (Lipinski definition) is 3. The Bertz CT molecular complexity index is 1060. The monoisotopic (exact) mass is 426 g/mol. The Labute approximate surface area is 180 Å². The SMILES string of the molecule is CCNC[C@H](Cc1cccc(F)c1)N1Cc2cc(-c3c(Cl)cnn3C)ccc2C1=O. The van der Waals surface area contributed by atoms with E-state index in [1.807, 2.05) is 43.1 Å². The van der Waals surface area contributed by atoms with E-state index in [0.29, 0.717) is 30.1 Å². The summed E-state index contributed by atoms with van der Waals surface area (Å²) in [7, 11) is 1.84. The normalized spacial score (nSPS) is 14.3. The molecule has 0 saturated heterocycles. The van der Waals surface area contributed by atoms with Crippen LogP contribution in [-0.4, -0.2) is 39.7 Å². The van der Waals surface area contributed by atoms with Crippen LogP contribution in [0.5, 0.6) is 0 Å². The topological polar surface area (TPSA) is 50.2 Å². The summed E-state index contributed by atoms with van der Waals surface area (Å²) in [6.45, 7) is 4.00. The Kier molecular flexibility index (Phi) is 5.88. The third-order valence-corrected chi connectivity index (χ3v) is 5.81. The molecule has 0 unspecified atom stereocenters. The summed E-state index contributed by atoms with van der Waals surface area (Å²) in [6.07, 6.45) is 2.21. The molecule has 1 amide bonds. The van der Waals surface area contributed by atoms with Crippen LogP contribution in [0, 0.1) is 5.82 Å². The average Bonchev–Trinajstić information content (AvgIpc) is 3.23. The van der Waals surface area contributed by atoms with Crippen molar-refractivity contribution in [2.45, 2.75) is 25.9 Å². The van der Waals surface area contributed by atoms with Gasteiger partial charge in [0.05, 0.1) is 16.9 Å².